The van der Waals surface area contributed by atoms with E-state index in [9.17, 15) is 0 Å². The average Bonchev–Trinajstić information content (AvgIpc) is 2.48. The Labute approximate surface area is 123 Å². The van der Waals surface area contributed by atoms with Gasteiger partial charge in [0.1, 0.15) is 5.75 Å². The van der Waals surface area contributed by atoms with Gasteiger partial charge in [-0.2, -0.15) is 0 Å². The molecular formula is C17H28N2O. The van der Waals surface area contributed by atoms with E-state index >= 15 is 0 Å². The highest BCUT2D eigenvalue weighted by atomic mass is 16.5. The van der Waals surface area contributed by atoms with E-state index in [1.807, 2.05) is 6.07 Å². The van der Waals surface area contributed by atoms with Crippen molar-refractivity contribution in [1.82, 2.24) is 0 Å². The molecule has 0 amide bonds. The molecule has 112 valence electrons. The lowest BCUT2D eigenvalue weighted by Crippen LogP contribution is -2.34. The molecule has 1 heterocycles. The third-order valence-corrected chi connectivity index (χ3v) is 4.16. The Balaban J connectivity index is 2.02. The van der Waals surface area contributed by atoms with E-state index in [0.29, 0.717) is 0 Å². The van der Waals surface area contributed by atoms with Gasteiger partial charge in [0.25, 0.3) is 0 Å². The molecule has 0 aromatic heterocycles. The van der Waals surface area contributed by atoms with Gasteiger partial charge in [-0.25, -0.2) is 0 Å². The SMILES string of the molecule is CCCOc1cccc(N2CCC(CCC)CC2)c1N. The van der Waals surface area contributed by atoms with Crippen molar-refractivity contribution < 1.29 is 4.74 Å². The molecule has 0 unspecified atom stereocenters. The summed E-state index contributed by atoms with van der Waals surface area (Å²) in [6.45, 7) is 7.35. The van der Waals surface area contributed by atoms with Crippen molar-refractivity contribution in [2.24, 2.45) is 5.92 Å². The summed E-state index contributed by atoms with van der Waals surface area (Å²) in [6.07, 6.45) is 6.24. The highest BCUT2D eigenvalue weighted by molar-refractivity contribution is 5.74. The van der Waals surface area contributed by atoms with E-state index in [2.05, 4.69) is 30.9 Å². The average molecular weight is 276 g/mol. The number of hydrogen-bond donors (Lipinski definition) is 1. The molecule has 0 spiro atoms. The molecule has 0 saturated carbocycles. The molecule has 0 radical (unpaired) electrons. The third-order valence-electron chi connectivity index (χ3n) is 4.16. The van der Waals surface area contributed by atoms with E-state index in [1.165, 1.54) is 25.7 Å². The number of para-hydroxylation sites is 1. The van der Waals surface area contributed by atoms with Crippen LogP contribution in [0.4, 0.5) is 11.4 Å². The van der Waals surface area contributed by atoms with E-state index < -0.39 is 0 Å². The van der Waals surface area contributed by atoms with E-state index in [1.54, 1.807) is 0 Å². The van der Waals surface area contributed by atoms with Crippen molar-refractivity contribution in [2.45, 2.75) is 46.0 Å². The number of nitrogens with two attached hydrogens (primary N) is 1. The number of nitrogens with zero attached hydrogens (tertiary/aromatic N) is 1. The lowest BCUT2D eigenvalue weighted by atomic mass is 9.92. The fourth-order valence-electron chi connectivity index (χ4n) is 3.02. The van der Waals surface area contributed by atoms with Crippen LogP contribution in [0.15, 0.2) is 18.2 Å². The molecule has 1 aromatic rings. The van der Waals surface area contributed by atoms with Crippen LogP contribution in [0.2, 0.25) is 0 Å². The molecule has 1 aromatic carbocycles. The van der Waals surface area contributed by atoms with Crippen molar-refractivity contribution in [3.63, 3.8) is 0 Å². The summed E-state index contributed by atoms with van der Waals surface area (Å²) in [5.41, 5.74) is 8.23. The maximum Gasteiger partial charge on any atom is 0.144 e. The lowest BCUT2D eigenvalue weighted by molar-refractivity contribution is 0.319. The van der Waals surface area contributed by atoms with Crippen molar-refractivity contribution >= 4 is 11.4 Å². The number of benzene rings is 1. The summed E-state index contributed by atoms with van der Waals surface area (Å²) in [5, 5.41) is 0. The monoisotopic (exact) mass is 276 g/mol. The standard InChI is InChI=1S/C17H28N2O/c1-3-6-14-9-11-19(12-10-14)15-7-5-8-16(17(15)18)20-13-4-2/h5,7-8,14H,3-4,6,9-13,18H2,1-2H3. The van der Waals surface area contributed by atoms with Crippen LogP contribution in [-0.2, 0) is 0 Å². The van der Waals surface area contributed by atoms with Crippen LogP contribution in [0.1, 0.15) is 46.0 Å². The Hall–Kier alpha value is -1.38. The fourth-order valence-corrected chi connectivity index (χ4v) is 3.02. The van der Waals surface area contributed by atoms with Crippen LogP contribution in [-0.4, -0.2) is 19.7 Å². The fraction of sp³-hybridized carbons (Fsp3) is 0.647. The molecule has 3 nitrogen and oxygen atoms in total. The minimum Gasteiger partial charge on any atom is -0.491 e. The molecule has 1 aliphatic heterocycles. The highest BCUT2D eigenvalue weighted by Gasteiger charge is 2.21. The van der Waals surface area contributed by atoms with Gasteiger partial charge >= 0.3 is 0 Å². The molecule has 2 N–H and O–H groups in total. The first kappa shape index (κ1) is 15.0. The zero-order chi connectivity index (χ0) is 14.4. The summed E-state index contributed by atoms with van der Waals surface area (Å²) in [7, 11) is 0. The molecule has 20 heavy (non-hydrogen) atoms. The second kappa shape index (κ2) is 7.41. The first-order valence-electron chi connectivity index (χ1n) is 8.02. The van der Waals surface area contributed by atoms with Gasteiger partial charge in [0.15, 0.2) is 0 Å². The van der Waals surface area contributed by atoms with E-state index in [-0.39, 0.29) is 0 Å². The smallest absolute Gasteiger partial charge is 0.144 e. The van der Waals surface area contributed by atoms with Gasteiger partial charge in [0.2, 0.25) is 0 Å². The first-order valence-corrected chi connectivity index (χ1v) is 8.02. The topological polar surface area (TPSA) is 38.5 Å². The van der Waals surface area contributed by atoms with Crippen LogP contribution >= 0.6 is 0 Å². The number of anilines is 2. The predicted molar refractivity (Wildman–Crippen MR) is 86.5 cm³/mol. The van der Waals surface area contributed by atoms with Gasteiger partial charge in [-0.1, -0.05) is 32.8 Å². The Morgan fingerprint density at radius 2 is 1.95 bits per heavy atom. The normalized spacial score (nSPS) is 16.4. The molecule has 0 atom stereocenters. The lowest BCUT2D eigenvalue weighted by Gasteiger charge is -2.34. The minimum atomic E-state index is 0.728. The third kappa shape index (κ3) is 3.59. The van der Waals surface area contributed by atoms with Gasteiger partial charge < -0.3 is 15.4 Å². The van der Waals surface area contributed by atoms with E-state index in [4.69, 9.17) is 10.5 Å². The first-order chi connectivity index (χ1) is 9.76. The second-order valence-electron chi connectivity index (χ2n) is 5.76. The Bertz CT molecular complexity index is 411. The Morgan fingerprint density at radius 3 is 2.60 bits per heavy atom. The van der Waals surface area contributed by atoms with Crippen molar-refractivity contribution in [3.8, 4) is 5.75 Å². The van der Waals surface area contributed by atoms with Crippen molar-refractivity contribution in [3.05, 3.63) is 18.2 Å². The van der Waals surface area contributed by atoms with Crippen LogP contribution in [0.5, 0.6) is 5.75 Å². The molecule has 1 aliphatic rings. The summed E-state index contributed by atoms with van der Waals surface area (Å²) in [4.78, 5) is 2.42. The van der Waals surface area contributed by atoms with Crippen LogP contribution in [0.3, 0.4) is 0 Å². The molecular weight excluding hydrogens is 248 g/mol. The number of rotatable bonds is 6. The molecule has 0 bridgehead atoms. The summed E-state index contributed by atoms with van der Waals surface area (Å²) in [6, 6.07) is 6.14. The maximum atomic E-state index is 6.28. The number of nitrogen functional groups attached to an aromatic ring is 1. The maximum absolute atomic E-state index is 6.28. The Morgan fingerprint density at radius 1 is 1.20 bits per heavy atom. The minimum absolute atomic E-state index is 0.728. The van der Waals surface area contributed by atoms with Gasteiger partial charge in [-0.15, -0.1) is 0 Å². The Kier molecular flexibility index (Phi) is 5.57. The second-order valence-corrected chi connectivity index (χ2v) is 5.76. The zero-order valence-corrected chi connectivity index (χ0v) is 12.9. The van der Waals surface area contributed by atoms with Gasteiger partial charge in [-0.3, -0.25) is 0 Å². The van der Waals surface area contributed by atoms with Crippen LogP contribution in [0, 0.1) is 5.92 Å². The highest BCUT2D eigenvalue weighted by Crippen LogP contribution is 2.35. The summed E-state index contributed by atoms with van der Waals surface area (Å²) >= 11 is 0. The van der Waals surface area contributed by atoms with Crippen LogP contribution < -0.4 is 15.4 Å². The number of hydrogen-bond acceptors (Lipinski definition) is 3. The molecule has 1 fully saturated rings. The molecule has 1 saturated heterocycles. The largest absolute Gasteiger partial charge is 0.491 e. The predicted octanol–water partition coefficient (Wildman–Crippen LogP) is 4.07. The van der Waals surface area contributed by atoms with Crippen LogP contribution in [0.25, 0.3) is 0 Å². The molecule has 0 aliphatic carbocycles. The number of piperidine rings is 1. The summed E-state index contributed by atoms with van der Waals surface area (Å²) in [5.74, 6) is 1.73. The van der Waals surface area contributed by atoms with Crippen molar-refractivity contribution in [2.75, 3.05) is 30.3 Å². The van der Waals surface area contributed by atoms with E-state index in [0.717, 1.165) is 49.2 Å². The zero-order valence-electron chi connectivity index (χ0n) is 12.9. The summed E-state index contributed by atoms with van der Waals surface area (Å²) < 4.78 is 5.73. The quantitative estimate of drug-likeness (QED) is 0.796. The number of ether oxygens (including phenoxy) is 1. The molecule has 3 heteroatoms. The molecule has 2 rings (SSSR count). The van der Waals surface area contributed by atoms with Crippen molar-refractivity contribution in [1.29, 1.82) is 0 Å². The van der Waals surface area contributed by atoms with Gasteiger partial charge in [0, 0.05) is 13.1 Å². The van der Waals surface area contributed by atoms with Gasteiger partial charge in [0.05, 0.1) is 18.0 Å². The van der Waals surface area contributed by atoms with Gasteiger partial charge in [-0.05, 0) is 37.3 Å².